The highest BCUT2D eigenvalue weighted by molar-refractivity contribution is 7.80. The molecule has 2 bridgehead atoms. The summed E-state index contributed by atoms with van der Waals surface area (Å²) in [5, 5.41) is 0. The van der Waals surface area contributed by atoms with E-state index in [-0.39, 0.29) is 17.6 Å². The van der Waals surface area contributed by atoms with Crippen molar-refractivity contribution in [2.45, 2.75) is 0 Å². The molecule has 2 aliphatic heterocycles. The second-order valence-corrected chi connectivity index (χ2v) is 10.1. The van der Waals surface area contributed by atoms with E-state index < -0.39 is 33.2 Å². The largest absolute Gasteiger partial charge is 0.305 e. The number of rotatable bonds is 9. The zero-order valence-corrected chi connectivity index (χ0v) is 19.1. The molecule has 0 radical (unpaired) electrons. The molecular weight excluding hydrogens is 442 g/mol. The van der Waals surface area contributed by atoms with Gasteiger partial charge in [-0.25, -0.2) is 12.6 Å². The maximum absolute atomic E-state index is 11.2. The summed E-state index contributed by atoms with van der Waals surface area (Å²) in [5.41, 5.74) is 0. The molecule has 0 saturated carbocycles. The summed E-state index contributed by atoms with van der Waals surface area (Å²) in [6.07, 6.45) is 0. The molecule has 0 spiro atoms. The molecular formula is C15H33N5O6S3. The van der Waals surface area contributed by atoms with Crippen LogP contribution in [0, 0.1) is 0 Å². The Hall–Kier alpha value is 0.130. The fourth-order valence-corrected chi connectivity index (χ4v) is 5.33. The molecule has 0 aromatic carbocycles. The zero-order chi connectivity index (χ0) is 21.2. The predicted octanol–water partition coefficient (Wildman–Crippen LogP) is -1.94. The van der Waals surface area contributed by atoms with Crippen molar-refractivity contribution in [3.63, 3.8) is 0 Å². The van der Waals surface area contributed by atoms with Crippen LogP contribution in [0.5, 0.6) is 0 Å². The van der Waals surface area contributed by atoms with Crippen LogP contribution in [-0.4, -0.2) is 147 Å². The van der Waals surface area contributed by atoms with Gasteiger partial charge in [0.15, 0.2) is 33.2 Å². The van der Waals surface area contributed by atoms with E-state index in [4.69, 9.17) is 9.11 Å². The van der Waals surface area contributed by atoms with Gasteiger partial charge in [-0.1, -0.05) is 0 Å². The number of hydrogen-bond donors (Lipinski definition) is 3. The average Bonchev–Trinajstić information content (AvgIpc) is 2.77. The van der Waals surface area contributed by atoms with E-state index in [1.165, 1.54) is 0 Å². The van der Waals surface area contributed by atoms with E-state index in [0.29, 0.717) is 13.1 Å². The van der Waals surface area contributed by atoms with E-state index in [9.17, 15) is 17.2 Å². The van der Waals surface area contributed by atoms with E-state index in [0.717, 1.165) is 65.4 Å². The first kappa shape index (κ1) is 25.4. The van der Waals surface area contributed by atoms with Crippen molar-refractivity contribution in [3.05, 3.63) is 0 Å². The maximum Gasteiger partial charge on any atom is 0.167 e. The lowest BCUT2D eigenvalue weighted by Crippen LogP contribution is -2.45. The van der Waals surface area contributed by atoms with Crippen molar-refractivity contribution in [2.24, 2.45) is 0 Å². The maximum atomic E-state index is 11.2. The first-order valence-corrected chi connectivity index (χ1v) is 13.5. The van der Waals surface area contributed by atoms with E-state index in [1.807, 2.05) is 4.90 Å². The molecule has 0 amide bonds. The van der Waals surface area contributed by atoms with Gasteiger partial charge in [-0.2, -0.15) is 0 Å². The molecule has 2 saturated heterocycles. The minimum absolute atomic E-state index is 0.138. The van der Waals surface area contributed by atoms with Crippen molar-refractivity contribution in [1.82, 2.24) is 24.5 Å². The van der Waals surface area contributed by atoms with Crippen LogP contribution in [0.3, 0.4) is 0 Å². The molecule has 0 aromatic rings. The lowest BCUT2D eigenvalue weighted by molar-refractivity contribution is 0.173. The molecule has 172 valence electrons. The average molecular weight is 476 g/mol. The van der Waals surface area contributed by atoms with Crippen LogP contribution in [0.25, 0.3) is 0 Å². The molecule has 3 N–H and O–H groups in total. The Morgan fingerprint density at radius 2 is 1.03 bits per heavy atom. The molecule has 0 aromatic heterocycles. The highest BCUT2D eigenvalue weighted by Gasteiger charge is 2.21. The van der Waals surface area contributed by atoms with Crippen LogP contribution in [0.4, 0.5) is 0 Å². The van der Waals surface area contributed by atoms with Crippen molar-refractivity contribution in [3.8, 4) is 0 Å². The normalized spacial score (nSPS) is 28.6. The third kappa shape index (κ3) is 10.8. The number of fused-ring (bicyclic) bond motifs is 3. The highest BCUT2D eigenvalue weighted by atomic mass is 32.2. The molecule has 14 heteroatoms. The van der Waals surface area contributed by atoms with Gasteiger partial charge in [-0.05, 0) is 0 Å². The summed E-state index contributed by atoms with van der Waals surface area (Å²) in [5.74, 6) is -0.0942. The molecule has 5 unspecified atom stereocenters. The first-order valence-electron chi connectivity index (χ1n) is 9.66. The SMILES string of the molecule is O=S(O)CN1CCN2CCN(CCN(CCN(CS(=O)O)CS(=O)O)CC2)CC1. The summed E-state index contributed by atoms with van der Waals surface area (Å²) in [6, 6.07) is 0. The lowest BCUT2D eigenvalue weighted by Gasteiger charge is -2.30. The molecule has 2 rings (SSSR count). The zero-order valence-electron chi connectivity index (χ0n) is 16.6. The van der Waals surface area contributed by atoms with Gasteiger partial charge in [-0.15, -0.1) is 0 Å². The molecule has 11 nitrogen and oxygen atoms in total. The van der Waals surface area contributed by atoms with Crippen LogP contribution >= 0.6 is 0 Å². The smallest absolute Gasteiger partial charge is 0.167 e. The standard InChI is InChI=1S/C15H33N5O6S3/c21-27(22)13-19-10-7-16-1-2-17(8-11-19)4-6-18(5-3-16)9-12-20(14-28(23)24)15-29(25)26/h1-15H2,(H,21,22)(H,23,24)(H,25,26). The molecule has 2 aliphatic rings. The van der Waals surface area contributed by atoms with Crippen LogP contribution in [0.2, 0.25) is 0 Å². The number of hydrogen-bond acceptors (Lipinski definition) is 8. The van der Waals surface area contributed by atoms with Crippen LogP contribution in [-0.2, 0) is 33.2 Å². The highest BCUT2D eigenvalue weighted by Crippen LogP contribution is 2.06. The number of nitrogens with zero attached hydrogens (tertiary/aromatic N) is 5. The Kier molecular flexibility index (Phi) is 11.8. The minimum atomic E-state index is -2.04. The van der Waals surface area contributed by atoms with Crippen molar-refractivity contribution >= 4 is 33.2 Å². The molecule has 2 fully saturated rings. The topological polar surface area (TPSA) is 128 Å². The second kappa shape index (κ2) is 13.5. The van der Waals surface area contributed by atoms with Gasteiger partial charge in [0.05, 0.1) is 0 Å². The fraction of sp³-hybridized carbons (Fsp3) is 1.00. The Balaban J connectivity index is 1.92. The summed E-state index contributed by atoms with van der Waals surface area (Å²) in [6.45, 7) is 9.69. The van der Waals surface area contributed by atoms with Gasteiger partial charge < -0.3 is 13.7 Å². The fourth-order valence-electron chi connectivity index (χ4n) is 3.58. The lowest BCUT2D eigenvalue weighted by atomic mass is 10.3. The van der Waals surface area contributed by atoms with Crippen molar-refractivity contribution < 1.29 is 26.3 Å². The second-order valence-electron chi connectivity index (χ2n) is 7.39. The first-order chi connectivity index (χ1) is 13.8. The van der Waals surface area contributed by atoms with Gasteiger partial charge in [0.2, 0.25) is 0 Å². The third-order valence-electron chi connectivity index (χ3n) is 5.27. The quantitative estimate of drug-likeness (QED) is 0.322. The van der Waals surface area contributed by atoms with Gasteiger partial charge >= 0.3 is 0 Å². The van der Waals surface area contributed by atoms with E-state index in [1.54, 1.807) is 4.90 Å². The van der Waals surface area contributed by atoms with Crippen LogP contribution in [0.1, 0.15) is 0 Å². The monoisotopic (exact) mass is 475 g/mol. The van der Waals surface area contributed by atoms with Gasteiger partial charge in [0, 0.05) is 78.5 Å². The molecule has 2 heterocycles. The summed E-state index contributed by atoms with van der Waals surface area (Å²) in [4.78, 5) is 10.6. The van der Waals surface area contributed by atoms with Crippen molar-refractivity contribution in [2.75, 3.05) is 96.2 Å². The summed E-state index contributed by atoms with van der Waals surface area (Å²) >= 11 is -5.91. The molecule has 5 atom stereocenters. The van der Waals surface area contributed by atoms with Crippen LogP contribution in [0.15, 0.2) is 0 Å². The van der Waals surface area contributed by atoms with E-state index >= 15 is 0 Å². The predicted molar refractivity (Wildman–Crippen MR) is 115 cm³/mol. The van der Waals surface area contributed by atoms with Gasteiger partial charge in [0.25, 0.3) is 0 Å². The Morgan fingerprint density at radius 3 is 1.45 bits per heavy atom. The van der Waals surface area contributed by atoms with Crippen molar-refractivity contribution in [1.29, 1.82) is 0 Å². The minimum Gasteiger partial charge on any atom is -0.305 e. The van der Waals surface area contributed by atoms with Gasteiger partial charge in [-0.3, -0.25) is 24.5 Å². The Bertz CT molecular complexity index is 539. The summed E-state index contributed by atoms with van der Waals surface area (Å²) < 4.78 is 60.9. The van der Waals surface area contributed by atoms with Gasteiger partial charge in [0.1, 0.15) is 17.6 Å². The third-order valence-corrected chi connectivity index (χ3v) is 7.03. The Labute approximate surface area is 180 Å². The molecule has 0 aliphatic carbocycles. The van der Waals surface area contributed by atoms with Crippen LogP contribution < -0.4 is 0 Å². The summed E-state index contributed by atoms with van der Waals surface area (Å²) in [7, 11) is 0. The Morgan fingerprint density at radius 1 is 0.621 bits per heavy atom. The molecule has 29 heavy (non-hydrogen) atoms. The van der Waals surface area contributed by atoms with E-state index in [2.05, 4.69) is 14.7 Å².